The van der Waals surface area contributed by atoms with Crippen molar-refractivity contribution < 1.29 is 9.59 Å². The third-order valence-electron chi connectivity index (χ3n) is 4.37. The second-order valence-electron chi connectivity index (χ2n) is 6.50. The number of carbonyl (C=O) groups excluding carboxylic acids is 2. The van der Waals surface area contributed by atoms with Crippen molar-refractivity contribution in [3.63, 3.8) is 0 Å². The zero-order valence-electron chi connectivity index (χ0n) is 15.4. The summed E-state index contributed by atoms with van der Waals surface area (Å²) in [6.07, 6.45) is 0. The predicted octanol–water partition coefficient (Wildman–Crippen LogP) is 4.74. The molecule has 0 aliphatic carbocycles. The van der Waals surface area contributed by atoms with Crippen LogP contribution in [0.1, 0.15) is 44.8 Å². The van der Waals surface area contributed by atoms with Gasteiger partial charge in [-0.05, 0) is 55.8 Å². The number of anilines is 1. The molecule has 136 valence electrons. The average molecular weight is 358 g/mol. The first kappa shape index (κ1) is 18.4. The normalized spacial score (nSPS) is 11.5. The molecule has 1 unspecified atom stereocenters. The maximum Gasteiger partial charge on any atom is 0.255 e. The number of benzene rings is 3. The predicted molar refractivity (Wildman–Crippen MR) is 108 cm³/mol. The molecule has 0 aromatic heterocycles. The molecule has 3 rings (SSSR count). The molecule has 2 amide bonds. The number of hydrogen-bond donors (Lipinski definition) is 2. The van der Waals surface area contributed by atoms with Gasteiger partial charge in [0.05, 0.1) is 6.04 Å². The highest BCUT2D eigenvalue weighted by Crippen LogP contribution is 2.14. The van der Waals surface area contributed by atoms with Gasteiger partial charge in [0.25, 0.3) is 11.8 Å². The summed E-state index contributed by atoms with van der Waals surface area (Å²) in [4.78, 5) is 24.8. The van der Waals surface area contributed by atoms with Crippen LogP contribution in [0.4, 0.5) is 5.69 Å². The first-order valence-electron chi connectivity index (χ1n) is 8.87. The lowest BCUT2D eigenvalue weighted by Crippen LogP contribution is -2.26. The Morgan fingerprint density at radius 3 is 1.89 bits per heavy atom. The molecule has 0 spiro atoms. The SMILES string of the molecule is Cc1ccc(NC(=O)c2ccc(C(=O)NC(C)c3ccccc3)cc2)cc1. The first-order chi connectivity index (χ1) is 13.0. The average Bonchev–Trinajstić information content (AvgIpc) is 2.70. The zero-order chi connectivity index (χ0) is 19.2. The Morgan fingerprint density at radius 2 is 1.30 bits per heavy atom. The van der Waals surface area contributed by atoms with Gasteiger partial charge in [-0.2, -0.15) is 0 Å². The fourth-order valence-corrected chi connectivity index (χ4v) is 2.72. The largest absolute Gasteiger partial charge is 0.346 e. The molecule has 0 heterocycles. The minimum absolute atomic E-state index is 0.0942. The standard InChI is InChI=1S/C23H22N2O2/c1-16-8-14-21(15-9-16)25-23(27)20-12-10-19(11-13-20)22(26)24-17(2)18-6-4-3-5-7-18/h3-15,17H,1-2H3,(H,24,26)(H,25,27). The van der Waals surface area contributed by atoms with E-state index in [4.69, 9.17) is 0 Å². The molecule has 0 saturated carbocycles. The molecule has 0 fully saturated rings. The molecule has 0 aliphatic heterocycles. The van der Waals surface area contributed by atoms with E-state index in [0.29, 0.717) is 11.1 Å². The molecule has 2 N–H and O–H groups in total. The fraction of sp³-hybridized carbons (Fsp3) is 0.130. The number of hydrogen-bond acceptors (Lipinski definition) is 2. The topological polar surface area (TPSA) is 58.2 Å². The molecule has 0 bridgehead atoms. The van der Waals surface area contributed by atoms with Crippen LogP contribution in [0.5, 0.6) is 0 Å². The van der Waals surface area contributed by atoms with Crippen LogP contribution in [0.3, 0.4) is 0 Å². The van der Waals surface area contributed by atoms with Crippen LogP contribution in [-0.2, 0) is 0 Å². The monoisotopic (exact) mass is 358 g/mol. The minimum atomic E-state index is -0.205. The molecule has 0 aliphatic rings. The van der Waals surface area contributed by atoms with Crippen LogP contribution in [0, 0.1) is 6.92 Å². The highest BCUT2D eigenvalue weighted by Gasteiger charge is 2.12. The van der Waals surface area contributed by atoms with Crippen LogP contribution in [0.25, 0.3) is 0 Å². The summed E-state index contributed by atoms with van der Waals surface area (Å²) >= 11 is 0. The van der Waals surface area contributed by atoms with E-state index in [-0.39, 0.29) is 17.9 Å². The van der Waals surface area contributed by atoms with E-state index in [2.05, 4.69) is 10.6 Å². The lowest BCUT2D eigenvalue weighted by Gasteiger charge is -2.14. The summed E-state index contributed by atoms with van der Waals surface area (Å²) < 4.78 is 0. The van der Waals surface area contributed by atoms with Crippen molar-refractivity contribution in [2.45, 2.75) is 19.9 Å². The molecule has 4 nitrogen and oxygen atoms in total. The lowest BCUT2D eigenvalue weighted by molar-refractivity contribution is 0.0938. The maximum atomic E-state index is 12.4. The van der Waals surface area contributed by atoms with Gasteiger partial charge in [-0.1, -0.05) is 48.0 Å². The van der Waals surface area contributed by atoms with Crippen LogP contribution in [0.2, 0.25) is 0 Å². The molecule has 0 radical (unpaired) electrons. The number of amides is 2. The van der Waals surface area contributed by atoms with E-state index < -0.39 is 0 Å². The third kappa shape index (κ3) is 4.82. The van der Waals surface area contributed by atoms with E-state index in [1.54, 1.807) is 24.3 Å². The van der Waals surface area contributed by atoms with Gasteiger partial charge in [0.1, 0.15) is 0 Å². The molecule has 4 heteroatoms. The summed E-state index contributed by atoms with van der Waals surface area (Å²) in [6.45, 7) is 3.94. The Labute approximate surface area is 159 Å². The van der Waals surface area contributed by atoms with Crippen LogP contribution in [0.15, 0.2) is 78.9 Å². The summed E-state index contributed by atoms with van der Waals surface area (Å²) in [5.41, 5.74) is 3.94. The van der Waals surface area contributed by atoms with E-state index in [0.717, 1.165) is 16.8 Å². The molecular formula is C23H22N2O2. The molecule has 0 saturated heterocycles. The lowest BCUT2D eigenvalue weighted by atomic mass is 10.1. The van der Waals surface area contributed by atoms with Gasteiger partial charge < -0.3 is 10.6 Å². The zero-order valence-corrected chi connectivity index (χ0v) is 15.4. The van der Waals surface area contributed by atoms with E-state index in [1.165, 1.54) is 0 Å². The smallest absolute Gasteiger partial charge is 0.255 e. The summed E-state index contributed by atoms with van der Waals surface area (Å²) in [6, 6.07) is 23.9. The van der Waals surface area contributed by atoms with Crippen LogP contribution < -0.4 is 10.6 Å². The summed E-state index contributed by atoms with van der Waals surface area (Å²) in [5, 5.41) is 5.82. The number of rotatable bonds is 5. The second-order valence-corrected chi connectivity index (χ2v) is 6.50. The molecule has 3 aromatic carbocycles. The van der Waals surface area contributed by atoms with Gasteiger partial charge in [-0.3, -0.25) is 9.59 Å². The summed E-state index contributed by atoms with van der Waals surface area (Å²) in [5.74, 6) is -0.375. The summed E-state index contributed by atoms with van der Waals surface area (Å²) in [7, 11) is 0. The van der Waals surface area contributed by atoms with E-state index >= 15 is 0 Å². The fourth-order valence-electron chi connectivity index (χ4n) is 2.72. The van der Waals surface area contributed by atoms with Crippen molar-refractivity contribution >= 4 is 17.5 Å². The number of carbonyl (C=O) groups is 2. The Bertz CT molecular complexity index is 917. The quantitative estimate of drug-likeness (QED) is 0.692. The van der Waals surface area contributed by atoms with Gasteiger partial charge >= 0.3 is 0 Å². The van der Waals surface area contributed by atoms with Crippen LogP contribution in [-0.4, -0.2) is 11.8 Å². The maximum absolute atomic E-state index is 12.4. The molecule has 3 aromatic rings. The minimum Gasteiger partial charge on any atom is -0.346 e. The van der Waals surface area contributed by atoms with Gasteiger partial charge in [0.2, 0.25) is 0 Å². The Morgan fingerprint density at radius 1 is 0.741 bits per heavy atom. The molecule has 1 atom stereocenters. The van der Waals surface area contributed by atoms with Crippen molar-refractivity contribution in [3.05, 3.63) is 101 Å². The second kappa shape index (κ2) is 8.32. The first-order valence-corrected chi connectivity index (χ1v) is 8.87. The van der Waals surface area contributed by atoms with Crippen molar-refractivity contribution in [2.75, 3.05) is 5.32 Å². The van der Waals surface area contributed by atoms with Gasteiger partial charge in [0, 0.05) is 16.8 Å². The van der Waals surface area contributed by atoms with Crippen molar-refractivity contribution in [1.29, 1.82) is 0 Å². The Hall–Kier alpha value is -3.40. The molecular weight excluding hydrogens is 336 g/mol. The van der Waals surface area contributed by atoms with E-state index in [1.807, 2.05) is 68.4 Å². The number of aryl methyl sites for hydroxylation is 1. The van der Waals surface area contributed by atoms with Crippen LogP contribution >= 0.6 is 0 Å². The highest BCUT2D eigenvalue weighted by atomic mass is 16.2. The molecule has 27 heavy (non-hydrogen) atoms. The Balaban J connectivity index is 1.63. The van der Waals surface area contributed by atoms with Crippen molar-refractivity contribution in [3.8, 4) is 0 Å². The van der Waals surface area contributed by atoms with Gasteiger partial charge in [-0.25, -0.2) is 0 Å². The van der Waals surface area contributed by atoms with Crippen molar-refractivity contribution in [2.24, 2.45) is 0 Å². The van der Waals surface area contributed by atoms with Gasteiger partial charge in [0.15, 0.2) is 0 Å². The van der Waals surface area contributed by atoms with E-state index in [9.17, 15) is 9.59 Å². The van der Waals surface area contributed by atoms with Crippen molar-refractivity contribution in [1.82, 2.24) is 5.32 Å². The number of nitrogens with one attached hydrogen (secondary N) is 2. The third-order valence-corrected chi connectivity index (χ3v) is 4.37. The highest BCUT2D eigenvalue weighted by molar-refractivity contribution is 6.05. The Kier molecular flexibility index (Phi) is 5.67. The van der Waals surface area contributed by atoms with Gasteiger partial charge in [-0.15, -0.1) is 0 Å².